The van der Waals surface area contributed by atoms with Crippen LogP contribution in [-0.4, -0.2) is 41.3 Å². The zero-order valence-corrected chi connectivity index (χ0v) is 9.66. The Hall–Kier alpha value is -0.720. The molecule has 0 aliphatic heterocycles. The highest BCUT2D eigenvalue weighted by Gasteiger charge is 2.25. The average molecular weight is 228 g/mol. The van der Waals surface area contributed by atoms with Crippen molar-refractivity contribution in [2.24, 2.45) is 5.73 Å². The Kier molecular flexibility index (Phi) is 3.50. The van der Waals surface area contributed by atoms with Gasteiger partial charge in [0.25, 0.3) is 5.19 Å². The minimum absolute atomic E-state index is 0.434. The van der Waals surface area contributed by atoms with E-state index in [0.29, 0.717) is 18.3 Å². The predicted octanol–water partition coefficient (Wildman–Crippen LogP) is 0.470. The predicted molar refractivity (Wildman–Crippen MR) is 58.9 cm³/mol. The van der Waals surface area contributed by atoms with Crippen LogP contribution >= 0.6 is 11.3 Å². The molecular weight excluding hydrogens is 212 g/mol. The summed E-state index contributed by atoms with van der Waals surface area (Å²) in [5.74, 6) is 0. The van der Waals surface area contributed by atoms with Crippen LogP contribution < -0.4 is 10.5 Å². The maximum atomic E-state index is 5.48. The fraction of sp³-hybridized carbons (Fsp3) is 0.778. The van der Waals surface area contributed by atoms with Gasteiger partial charge in [-0.25, -0.2) is 0 Å². The van der Waals surface area contributed by atoms with Crippen molar-refractivity contribution < 1.29 is 4.74 Å². The van der Waals surface area contributed by atoms with Gasteiger partial charge in [0, 0.05) is 19.1 Å². The van der Waals surface area contributed by atoms with Crippen molar-refractivity contribution in [2.45, 2.75) is 25.4 Å². The number of nitrogens with zero attached hydrogens (tertiary/aromatic N) is 3. The number of ether oxygens (including phenoxy) is 1. The van der Waals surface area contributed by atoms with E-state index < -0.39 is 0 Å². The first-order chi connectivity index (χ1) is 7.29. The van der Waals surface area contributed by atoms with E-state index in [4.69, 9.17) is 10.5 Å². The largest absolute Gasteiger partial charge is 0.468 e. The van der Waals surface area contributed by atoms with E-state index in [0.717, 1.165) is 17.6 Å². The number of rotatable bonds is 6. The van der Waals surface area contributed by atoms with Crippen molar-refractivity contribution in [1.82, 2.24) is 15.1 Å². The van der Waals surface area contributed by atoms with Gasteiger partial charge >= 0.3 is 0 Å². The third-order valence-corrected chi connectivity index (χ3v) is 3.32. The molecular formula is C9H16N4OS. The van der Waals surface area contributed by atoms with Gasteiger partial charge in [0.05, 0.1) is 0 Å². The van der Waals surface area contributed by atoms with Crippen LogP contribution in [0, 0.1) is 0 Å². The van der Waals surface area contributed by atoms with Crippen LogP contribution in [0.2, 0.25) is 0 Å². The first-order valence-electron chi connectivity index (χ1n) is 5.15. The lowest BCUT2D eigenvalue weighted by atomic mass is 10.5. The van der Waals surface area contributed by atoms with E-state index in [1.807, 2.05) is 0 Å². The molecule has 5 nitrogen and oxygen atoms in total. The lowest BCUT2D eigenvalue weighted by Gasteiger charge is -2.14. The Morgan fingerprint density at radius 3 is 2.93 bits per heavy atom. The molecule has 0 amide bonds. The van der Waals surface area contributed by atoms with Gasteiger partial charge in [-0.2, -0.15) is 0 Å². The van der Waals surface area contributed by atoms with Crippen molar-refractivity contribution in [3.05, 3.63) is 5.01 Å². The number of aromatic nitrogens is 2. The molecule has 1 aromatic heterocycles. The Morgan fingerprint density at radius 1 is 1.53 bits per heavy atom. The summed E-state index contributed by atoms with van der Waals surface area (Å²) in [6, 6.07) is 0.780. The monoisotopic (exact) mass is 228 g/mol. The van der Waals surface area contributed by atoms with Gasteiger partial charge in [-0.15, -0.1) is 10.2 Å². The van der Waals surface area contributed by atoms with E-state index in [1.54, 1.807) is 0 Å². The summed E-state index contributed by atoms with van der Waals surface area (Å²) in [6.45, 7) is 2.05. The molecule has 0 spiro atoms. The zero-order valence-electron chi connectivity index (χ0n) is 8.85. The van der Waals surface area contributed by atoms with Gasteiger partial charge in [-0.3, -0.25) is 0 Å². The molecule has 1 heterocycles. The maximum Gasteiger partial charge on any atom is 0.294 e. The van der Waals surface area contributed by atoms with Crippen molar-refractivity contribution in [3.63, 3.8) is 0 Å². The second-order valence-electron chi connectivity index (χ2n) is 3.73. The van der Waals surface area contributed by atoms with Crippen LogP contribution in [0.1, 0.15) is 17.8 Å². The van der Waals surface area contributed by atoms with Crippen molar-refractivity contribution >= 4 is 11.3 Å². The van der Waals surface area contributed by atoms with Crippen LogP contribution in [0.4, 0.5) is 0 Å². The zero-order chi connectivity index (χ0) is 10.7. The standard InChI is InChI=1S/C9H16N4OS/c1-13(7-2-3-7)4-5-14-9-12-11-8(6-10)15-9/h7H,2-6,10H2,1H3. The highest BCUT2D eigenvalue weighted by atomic mass is 32.1. The third-order valence-electron chi connectivity index (χ3n) is 2.46. The number of hydrogen-bond donors (Lipinski definition) is 1. The van der Waals surface area contributed by atoms with Crippen molar-refractivity contribution in [2.75, 3.05) is 20.2 Å². The molecule has 1 aromatic rings. The maximum absolute atomic E-state index is 5.48. The summed E-state index contributed by atoms with van der Waals surface area (Å²) in [7, 11) is 2.13. The quantitative estimate of drug-likeness (QED) is 0.766. The fourth-order valence-electron chi connectivity index (χ4n) is 1.35. The molecule has 0 radical (unpaired) electrons. The molecule has 6 heteroatoms. The number of hydrogen-bond acceptors (Lipinski definition) is 6. The molecule has 1 fully saturated rings. The molecule has 1 aliphatic carbocycles. The molecule has 0 saturated heterocycles. The lowest BCUT2D eigenvalue weighted by Crippen LogP contribution is -2.26. The fourth-order valence-corrected chi connectivity index (χ4v) is 1.94. The summed E-state index contributed by atoms with van der Waals surface area (Å²) in [5, 5.41) is 9.22. The highest BCUT2D eigenvalue weighted by Crippen LogP contribution is 2.25. The van der Waals surface area contributed by atoms with Crippen LogP contribution in [0.15, 0.2) is 0 Å². The topological polar surface area (TPSA) is 64.3 Å². The average Bonchev–Trinajstić information content (AvgIpc) is 2.99. The van der Waals surface area contributed by atoms with E-state index in [9.17, 15) is 0 Å². The second kappa shape index (κ2) is 4.87. The molecule has 0 bridgehead atoms. The minimum atomic E-state index is 0.434. The molecule has 0 atom stereocenters. The smallest absolute Gasteiger partial charge is 0.294 e. The Bertz CT molecular complexity index is 313. The van der Waals surface area contributed by atoms with Gasteiger partial charge in [0.2, 0.25) is 0 Å². The SMILES string of the molecule is CN(CCOc1nnc(CN)s1)C1CC1. The van der Waals surface area contributed by atoms with E-state index >= 15 is 0 Å². The minimum Gasteiger partial charge on any atom is -0.468 e. The van der Waals surface area contributed by atoms with E-state index in [2.05, 4.69) is 22.1 Å². The van der Waals surface area contributed by atoms with Gasteiger partial charge in [-0.05, 0) is 19.9 Å². The van der Waals surface area contributed by atoms with Crippen LogP contribution in [0.3, 0.4) is 0 Å². The highest BCUT2D eigenvalue weighted by molar-refractivity contribution is 7.13. The summed E-state index contributed by atoms with van der Waals surface area (Å²) in [4.78, 5) is 2.32. The first kappa shape index (κ1) is 10.8. The summed E-state index contributed by atoms with van der Waals surface area (Å²) in [6.07, 6.45) is 2.65. The van der Waals surface area contributed by atoms with Gasteiger partial charge in [-0.1, -0.05) is 11.3 Å². The third kappa shape index (κ3) is 3.12. The van der Waals surface area contributed by atoms with E-state index in [-0.39, 0.29) is 0 Å². The normalized spacial score (nSPS) is 15.9. The summed E-state index contributed by atoms with van der Waals surface area (Å²) >= 11 is 1.42. The molecule has 1 saturated carbocycles. The Labute approximate surface area is 93.2 Å². The molecule has 0 unspecified atom stereocenters. The van der Waals surface area contributed by atoms with Gasteiger partial charge in [0.15, 0.2) is 0 Å². The Morgan fingerprint density at radius 2 is 2.33 bits per heavy atom. The molecule has 0 aromatic carbocycles. The van der Waals surface area contributed by atoms with Gasteiger partial charge < -0.3 is 15.4 Å². The number of nitrogens with two attached hydrogens (primary N) is 1. The molecule has 84 valence electrons. The molecule has 1 aliphatic rings. The number of likely N-dealkylation sites (N-methyl/N-ethyl adjacent to an activating group) is 1. The van der Waals surface area contributed by atoms with Crippen LogP contribution in [0.5, 0.6) is 5.19 Å². The second-order valence-corrected chi connectivity index (χ2v) is 4.75. The van der Waals surface area contributed by atoms with Crippen molar-refractivity contribution in [3.8, 4) is 5.19 Å². The molecule has 15 heavy (non-hydrogen) atoms. The van der Waals surface area contributed by atoms with Crippen molar-refractivity contribution in [1.29, 1.82) is 0 Å². The van der Waals surface area contributed by atoms with Gasteiger partial charge in [0.1, 0.15) is 11.6 Å². The summed E-state index contributed by atoms with van der Waals surface area (Å²) < 4.78 is 5.48. The van der Waals surface area contributed by atoms with E-state index in [1.165, 1.54) is 24.2 Å². The Balaban J connectivity index is 1.68. The van der Waals surface area contributed by atoms with Crippen LogP contribution in [-0.2, 0) is 6.54 Å². The first-order valence-corrected chi connectivity index (χ1v) is 5.96. The molecule has 2 N–H and O–H groups in total. The molecule has 2 rings (SSSR count). The summed E-state index contributed by atoms with van der Waals surface area (Å²) in [5.41, 5.74) is 5.43. The van der Waals surface area contributed by atoms with Crippen LogP contribution in [0.25, 0.3) is 0 Å². The lowest BCUT2D eigenvalue weighted by molar-refractivity contribution is 0.230.